The summed E-state index contributed by atoms with van der Waals surface area (Å²) >= 11 is 0. The fraction of sp³-hybridized carbons (Fsp3) is 0.375. The smallest absolute Gasteiger partial charge is 0.318 e. The molecule has 2 atom stereocenters. The fourth-order valence-corrected chi connectivity index (χ4v) is 2.72. The second-order valence-corrected chi connectivity index (χ2v) is 5.30. The first-order valence-electron chi connectivity index (χ1n) is 6.50. The van der Waals surface area contributed by atoms with E-state index in [0.29, 0.717) is 12.0 Å². The van der Waals surface area contributed by atoms with Gasteiger partial charge in [0.1, 0.15) is 5.41 Å². The van der Waals surface area contributed by atoms with E-state index >= 15 is 0 Å². The summed E-state index contributed by atoms with van der Waals surface area (Å²) in [4.78, 5) is 23.5. The van der Waals surface area contributed by atoms with Gasteiger partial charge in [-0.15, -0.1) is 0 Å². The molecule has 0 heterocycles. The lowest BCUT2D eigenvalue weighted by molar-refractivity contribution is -0.142. The van der Waals surface area contributed by atoms with Crippen LogP contribution < -0.4 is 0 Å². The third-order valence-electron chi connectivity index (χ3n) is 4.03. The Morgan fingerprint density at radius 1 is 1.32 bits per heavy atom. The Balaban J connectivity index is 2.58. The number of hydrogen-bond donors (Lipinski definition) is 1. The van der Waals surface area contributed by atoms with E-state index in [1.165, 1.54) is 6.08 Å². The second-order valence-electron chi connectivity index (χ2n) is 5.30. The summed E-state index contributed by atoms with van der Waals surface area (Å²) in [6.45, 7) is 3.67. The lowest BCUT2D eigenvalue weighted by Gasteiger charge is -2.34. The van der Waals surface area contributed by atoms with Gasteiger partial charge in [-0.2, -0.15) is 0 Å². The summed E-state index contributed by atoms with van der Waals surface area (Å²) in [5.74, 6) is -0.776. The van der Waals surface area contributed by atoms with Crippen LogP contribution in [0.4, 0.5) is 0 Å². The van der Waals surface area contributed by atoms with Crippen LogP contribution in [0.2, 0.25) is 0 Å². The Labute approximate surface area is 113 Å². The molecular weight excluding hydrogens is 240 g/mol. The quantitative estimate of drug-likeness (QED) is 0.906. The standard InChI is InChI=1S/C16H18O3/c1-11-8-9-13(17)10-14(11)16(2,15(18)19)12-6-4-3-5-7-12/h3-7,10-11H,8-9H2,1-2H3,(H,18,19). The summed E-state index contributed by atoms with van der Waals surface area (Å²) in [5, 5.41) is 9.69. The summed E-state index contributed by atoms with van der Waals surface area (Å²) in [7, 11) is 0. The minimum absolute atomic E-state index is 0.0245. The average molecular weight is 258 g/mol. The Morgan fingerprint density at radius 2 is 1.95 bits per heavy atom. The van der Waals surface area contributed by atoms with Gasteiger partial charge in [0.2, 0.25) is 0 Å². The molecule has 0 saturated carbocycles. The predicted molar refractivity (Wildman–Crippen MR) is 72.9 cm³/mol. The van der Waals surface area contributed by atoms with Crippen LogP contribution in [-0.2, 0) is 15.0 Å². The van der Waals surface area contributed by atoms with Gasteiger partial charge in [0.05, 0.1) is 0 Å². The van der Waals surface area contributed by atoms with Crippen molar-refractivity contribution in [1.82, 2.24) is 0 Å². The number of allylic oxidation sites excluding steroid dienone is 1. The SMILES string of the molecule is CC1CCC(=O)C=C1C(C)(C(=O)O)c1ccccc1. The van der Waals surface area contributed by atoms with E-state index in [-0.39, 0.29) is 11.7 Å². The Kier molecular flexibility index (Phi) is 3.56. The highest BCUT2D eigenvalue weighted by atomic mass is 16.4. The molecule has 0 amide bonds. The monoisotopic (exact) mass is 258 g/mol. The topological polar surface area (TPSA) is 54.4 Å². The molecule has 1 aliphatic carbocycles. The number of benzene rings is 1. The van der Waals surface area contributed by atoms with Gasteiger partial charge >= 0.3 is 5.97 Å². The van der Waals surface area contributed by atoms with Crippen LogP contribution in [0.5, 0.6) is 0 Å². The van der Waals surface area contributed by atoms with Crippen molar-refractivity contribution in [1.29, 1.82) is 0 Å². The molecule has 1 aliphatic rings. The van der Waals surface area contributed by atoms with E-state index < -0.39 is 11.4 Å². The van der Waals surface area contributed by atoms with Gasteiger partial charge in [-0.3, -0.25) is 9.59 Å². The van der Waals surface area contributed by atoms with Crippen molar-refractivity contribution < 1.29 is 14.7 Å². The van der Waals surface area contributed by atoms with E-state index in [4.69, 9.17) is 0 Å². The number of hydrogen-bond acceptors (Lipinski definition) is 2. The molecule has 0 aliphatic heterocycles. The van der Waals surface area contributed by atoms with Gasteiger partial charge in [-0.1, -0.05) is 37.3 Å². The van der Waals surface area contributed by atoms with Gasteiger partial charge < -0.3 is 5.11 Å². The molecular formula is C16H18O3. The molecule has 0 fully saturated rings. The number of ketones is 1. The number of carbonyl (C=O) groups is 2. The van der Waals surface area contributed by atoms with Crippen molar-refractivity contribution in [3.05, 3.63) is 47.5 Å². The van der Waals surface area contributed by atoms with E-state index in [1.807, 2.05) is 25.1 Å². The maximum Gasteiger partial charge on any atom is 0.318 e. The summed E-state index contributed by atoms with van der Waals surface area (Å²) in [5.41, 5.74) is 0.300. The number of carboxylic acids is 1. The molecule has 0 spiro atoms. The van der Waals surface area contributed by atoms with Crippen molar-refractivity contribution in [2.24, 2.45) is 5.92 Å². The molecule has 0 bridgehead atoms. The molecule has 2 unspecified atom stereocenters. The molecule has 100 valence electrons. The van der Waals surface area contributed by atoms with Crippen LogP contribution >= 0.6 is 0 Å². The molecule has 1 aromatic rings. The zero-order chi connectivity index (χ0) is 14.0. The molecule has 0 saturated heterocycles. The minimum Gasteiger partial charge on any atom is -0.480 e. The molecule has 1 N–H and O–H groups in total. The van der Waals surface area contributed by atoms with Gasteiger partial charge in [-0.05, 0) is 36.5 Å². The van der Waals surface area contributed by atoms with Gasteiger partial charge in [0, 0.05) is 6.42 Å². The minimum atomic E-state index is -1.13. The number of carbonyl (C=O) groups excluding carboxylic acids is 1. The first kappa shape index (κ1) is 13.5. The molecule has 3 heteroatoms. The maximum atomic E-state index is 11.8. The van der Waals surface area contributed by atoms with Crippen LogP contribution in [0.1, 0.15) is 32.3 Å². The summed E-state index contributed by atoms with van der Waals surface area (Å²) in [6.07, 6.45) is 2.77. The van der Waals surface area contributed by atoms with Crippen molar-refractivity contribution in [2.45, 2.75) is 32.1 Å². The van der Waals surface area contributed by atoms with E-state index in [1.54, 1.807) is 19.1 Å². The van der Waals surface area contributed by atoms with E-state index in [0.717, 1.165) is 12.0 Å². The van der Waals surface area contributed by atoms with Crippen molar-refractivity contribution in [2.75, 3.05) is 0 Å². The predicted octanol–water partition coefficient (Wildman–Crippen LogP) is 2.95. The van der Waals surface area contributed by atoms with Crippen LogP contribution in [0.25, 0.3) is 0 Å². The molecule has 19 heavy (non-hydrogen) atoms. The molecule has 2 rings (SSSR count). The van der Waals surface area contributed by atoms with Crippen LogP contribution in [0.15, 0.2) is 42.0 Å². The van der Waals surface area contributed by atoms with Crippen molar-refractivity contribution >= 4 is 11.8 Å². The highest BCUT2D eigenvalue weighted by molar-refractivity contribution is 5.95. The Bertz CT molecular complexity index is 530. The number of aliphatic carboxylic acids is 1. The highest BCUT2D eigenvalue weighted by Crippen LogP contribution is 2.40. The van der Waals surface area contributed by atoms with Crippen LogP contribution in [0, 0.1) is 5.92 Å². The third kappa shape index (κ3) is 2.33. The molecule has 0 radical (unpaired) electrons. The number of rotatable bonds is 3. The lowest BCUT2D eigenvalue weighted by atomic mass is 9.68. The Hall–Kier alpha value is -1.90. The maximum absolute atomic E-state index is 11.8. The van der Waals surface area contributed by atoms with E-state index in [2.05, 4.69) is 0 Å². The number of carboxylic acid groups (broad SMARTS) is 1. The Morgan fingerprint density at radius 3 is 2.53 bits per heavy atom. The fourth-order valence-electron chi connectivity index (χ4n) is 2.72. The average Bonchev–Trinajstić information content (AvgIpc) is 2.41. The summed E-state index contributed by atoms with van der Waals surface area (Å²) < 4.78 is 0. The largest absolute Gasteiger partial charge is 0.480 e. The molecule has 1 aromatic carbocycles. The highest BCUT2D eigenvalue weighted by Gasteiger charge is 2.42. The van der Waals surface area contributed by atoms with Gasteiger partial charge in [0.15, 0.2) is 5.78 Å². The van der Waals surface area contributed by atoms with Crippen LogP contribution in [0.3, 0.4) is 0 Å². The van der Waals surface area contributed by atoms with Crippen molar-refractivity contribution in [3.8, 4) is 0 Å². The van der Waals surface area contributed by atoms with Crippen LogP contribution in [-0.4, -0.2) is 16.9 Å². The first-order valence-corrected chi connectivity index (χ1v) is 6.50. The van der Waals surface area contributed by atoms with E-state index in [9.17, 15) is 14.7 Å². The third-order valence-corrected chi connectivity index (χ3v) is 4.03. The summed E-state index contributed by atoms with van der Waals surface area (Å²) in [6, 6.07) is 9.12. The first-order chi connectivity index (χ1) is 8.96. The second kappa shape index (κ2) is 5.00. The van der Waals surface area contributed by atoms with Crippen molar-refractivity contribution in [3.63, 3.8) is 0 Å². The molecule has 0 aromatic heterocycles. The normalized spacial score (nSPS) is 22.5. The lowest BCUT2D eigenvalue weighted by Crippen LogP contribution is -2.38. The zero-order valence-electron chi connectivity index (χ0n) is 11.2. The zero-order valence-corrected chi connectivity index (χ0v) is 11.2. The van der Waals surface area contributed by atoms with Gasteiger partial charge in [-0.25, -0.2) is 0 Å². The molecule has 3 nitrogen and oxygen atoms in total. The van der Waals surface area contributed by atoms with Gasteiger partial charge in [0.25, 0.3) is 0 Å².